The van der Waals surface area contributed by atoms with Gasteiger partial charge in [-0.05, 0) is 48.7 Å². The largest absolute Gasteiger partial charge is 0.497 e. The Morgan fingerprint density at radius 2 is 2.03 bits per heavy atom. The zero-order chi connectivity index (χ0) is 23.0. The van der Waals surface area contributed by atoms with E-state index in [0.717, 1.165) is 28.8 Å². The van der Waals surface area contributed by atoms with Crippen LogP contribution in [-0.4, -0.2) is 47.6 Å². The van der Waals surface area contributed by atoms with Gasteiger partial charge in [0.05, 0.1) is 31.3 Å². The molecule has 0 unspecified atom stereocenters. The standard InChI is InChI=1S/C25H29N3O5/c1-31-19-10-8-17(9-11-19)18-14-22(33-24(15-18)32-13-5-4-12-29)25(30)26-16-23-27-20-6-2-3-7-21(20)28-23/h2-3,6-11,14,18,24,29H,4-5,12-13,15-16H2,1H3,(H,26,30)(H,27,28)/t18-,24+/m1/s1. The first-order valence-corrected chi connectivity index (χ1v) is 11.1. The van der Waals surface area contributed by atoms with Crippen LogP contribution in [0.3, 0.4) is 0 Å². The molecule has 1 aromatic heterocycles. The zero-order valence-electron chi connectivity index (χ0n) is 18.6. The van der Waals surface area contributed by atoms with Crippen LogP contribution in [0.2, 0.25) is 0 Å². The van der Waals surface area contributed by atoms with Crippen molar-refractivity contribution in [3.8, 4) is 5.75 Å². The van der Waals surface area contributed by atoms with E-state index in [1.165, 1.54) is 0 Å². The first-order valence-electron chi connectivity index (χ1n) is 11.1. The van der Waals surface area contributed by atoms with Crippen molar-refractivity contribution in [2.24, 2.45) is 0 Å². The maximum absolute atomic E-state index is 12.9. The van der Waals surface area contributed by atoms with Gasteiger partial charge < -0.3 is 29.6 Å². The molecule has 0 saturated carbocycles. The lowest BCUT2D eigenvalue weighted by atomic mass is 9.93. The molecule has 33 heavy (non-hydrogen) atoms. The molecule has 0 saturated heterocycles. The highest BCUT2D eigenvalue weighted by atomic mass is 16.7. The number of aliphatic hydroxyl groups is 1. The number of aromatic nitrogens is 2. The van der Waals surface area contributed by atoms with Gasteiger partial charge in [-0.15, -0.1) is 0 Å². The highest BCUT2D eigenvalue weighted by molar-refractivity contribution is 5.91. The highest BCUT2D eigenvalue weighted by Gasteiger charge is 2.28. The number of carbonyl (C=O) groups excluding carboxylic acids is 1. The summed E-state index contributed by atoms with van der Waals surface area (Å²) in [6.07, 6.45) is 3.26. The topological polar surface area (TPSA) is 106 Å². The fourth-order valence-corrected chi connectivity index (χ4v) is 3.77. The van der Waals surface area contributed by atoms with Crippen molar-refractivity contribution in [2.45, 2.75) is 38.0 Å². The minimum atomic E-state index is -0.548. The second-order valence-corrected chi connectivity index (χ2v) is 7.88. The maximum atomic E-state index is 12.9. The number of para-hydroxylation sites is 2. The molecule has 2 heterocycles. The number of ether oxygens (including phenoxy) is 3. The summed E-state index contributed by atoms with van der Waals surface area (Å²) >= 11 is 0. The van der Waals surface area contributed by atoms with Crippen LogP contribution in [0, 0.1) is 0 Å². The first kappa shape index (κ1) is 22.8. The number of fused-ring (bicyclic) bond motifs is 1. The number of benzene rings is 2. The van der Waals surface area contributed by atoms with E-state index < -0.39 is 6.29 Å². The molecule has 8 nitrogen and oxygen atoms in total. The number of nitrogens with zero attached hydrogens (tertiary/aromatic N) is 1. The van der Waals surface area contributed by atoms with Crippen molar-refractivity contribution in [3.05, 3.63) is 71.8 Å². The molecule has 2 atom stereocenters. The average Bonchev–Trinajstić information content (AvgIpc) is 3.28. The Labute approximate surface area is 192 Å². The van der Waals surface area contributed by atoms with E-state index in [4.69, 9.17) is 19.3 Å². The third kappa shape index (κ3) is 5.91. The molecule has 0 radical (unpaired) electrons. The number of aromatic amines is 1. The molecule has 1 aliphatic heterocycles. The van der Waals surface area contributed by atoms with E-state index in [9.17, 15) is 4.79 Å². The van der Waals surface area contributed by atoms with Crippen LogP contribution >= 0.6 is 0 Å². The Morgan fingerprint density at radius 1 is 1.21 bits per heavy atom. The summed E-state index contributed by atoms with van der Waals surface area (Å²) in [4.78, 5) is 20.6. The summed E-state index contributed by atoms with van der Waals surface area (Å²) in [6.45, 7) is 0.830. The molecule has 0 aliphatic carbocycles. The SMILES string of the molecule is COc1ccc([C@@H]2C=C(C(=O)NCc3nc4ccccc4[nH]3)O[C@H](OCCCCO)C2)cc1. The number of methoxy groups -OCH3 is 1. The van der Waals surface area contributed by atoms with Gasteiger partial charge in [0.15, 0.2) is 5.76 Å². The molecule has 0 bridgehead atoms. The van der Waals surface area contributed by atoms with Crippen molar-refractivity contribution < 1.29 is 24.1 Å². The van der Waals surface area contributed by atoms with E-state index in [1.54, 1.807) is 7.11 Å². The molecular formula is C25H29N3O5. The monoisotopic (exact) mass is 451 g/mol. The van der Waals surface area contributed by atoms with Gasteiger partial charge in [-0.25, -0.2) is 4.98 Å². The number of hydrogen-bond donors (Lipinski definition) is 3. The molecule has 3 N–H and O–H groups in total. The van der Waals surface area contributed by atoms with E-state index >= 15 is 0 Å². The highest BCUT2D eigenvalue weighted by Crippen LogP contribution is 2.32. The Balaban J connectivity index is 1.45. The number of unbranched alkanes of at least 4 members (excludes halogenated alkanes) is 1. The van der Waals surface area contributed by atoms with Crippen molar-refractivity contribution in [1.29, 1.82) is 0 Å². The lowest BCUT2D eigenvalue weighted by Crippen LogP contribution is -2.33. The Bertz CT molecular complexity index is 1060. The van der Waals surface area contributed by atoms with Crippen LogP contribution in [-0.2, 0) is 20.8 Å². The molecule has 1 amide bonds. The summed E-state index contributed by atoms with van der Waals surface area (Å²) in [5.74, 6) is 1.31. The van der Waals surface area contributed by atoms with Crippen LogP contribution in [0.15, 0.2) is 60.4 Å². The lowest BCUT2D eigenvalue weighted by Gasteiger charge is -2.29. The number of amides is 1. The lowest BCUT2D eigenvalue weighted by molar-refractivity contribution is -0.146. The summed E-state index contributed by atoms with van der Waals surface area (Å²) in [5.41, 5.74) is 2.82. The number of rotatable bonds is 10. The minimum absolute atomic E-state index is 0.0422. The molecule has 3 aromatic rings. The van der Waals surface area contributed by atoms with Gasteiger partial charge in [0.1, 0.15) is 11.6 Å². The summed E-state index contributed by atoms with van der Waals surface area (Å²) in [5, 5.41) is 11.9. The predicted molar refractivity (Wildman–Crippen MR) is 124 cm³/mol. The molecule has 1 aliphatic rings. The third-order valence-electron chi connectivity index (χ3n) is 5.54. The van der Waals surface area contributed by atoms with Gasteiger partial charge in [-0.1, -0.05) is 24.3 Å². The van der Waals surface area contributed by atoms with Gasteiger partial charge in [0.25, 0.3) is 5.91 Å². The van der Waals surface area contributed by atoms with Gasteiger partial charge in [-0.3, -0.25) is 4.79 Å². The Kier molecular flexibility index (Phi) is 7.59. The van der Waals surface area contributed by atoms with Gasteiger partial charge in [-0.2, -0.15) is 0 Å². The summed E-state index contributed by atoms with van der Waals surface area (Å²) < 4.78 is 17.0. The Hall–Kier alpha value is -3.36. The van der Waals surface area contributed by atoms with E-state index in [0.29, 0.717) is 25.3 Å². The third-order valence-corrected chi connectivity index (χ3v) is 5.54. The molecule has 0 fully saturated rings. The van der Waals surface area contributed by atoms with Crippen LogP contribution in [0.25, 0.3) is 11.0 Å². The number of allylic oxidation sites excluding steroid dienone is 1. The molecule has 8 heteroatoms. The van der Waals surface area contributed by atoms with Crippen LogP contribution in [0.5, 0.6) is 5.75 Å². The number of carbonyl (C=O) groups is 1. The normalized spacial score (nSPS) is 17.9. The fourth-order valence-electron chi connectivity index (χ4n) is 3.77. The van der Waals surface area contributed by atoms with Gasteiger partial charge in [0.2, 0.25) is 6.29 Å². The maximum Gasteiger partial charge on any atom is 0.286 e. The number of nitrogens with one attached hydrogen (secondary N) is 2. The van der Waals surface area contributed by atoms with E-state index in [2.05, 4.69) is 15.3 Å². The Morgan fingerprint density at radius 3 is 2.79 bits per heavy atom. The average molecular weight is 452 g/mol. The van der Waals surface area contributed by atoms with Crippen LogP contribution < -0.4 is 10.1 Å². The molecular weight excluding hydrogens is 422 g/mol. The second kappa shape index (κ2) is 11.0. The van der Waals surface area contributed by atoms with E-state index in [-0.39, 0.29) is 30.7 Å². The van der Waals surface area contributed by atoms with Crippen molar-refractivity contribution in [1.82, 2.24) is 15.3 Å². The number of aliphatic hydroxyl groups excluding tert-OH is 1. The molecule has 174 valence electrons. The summed E-state index contributed by atoms with van der Waals surface area (Å²) in [7, 11) is 1.63. The fraction of sp³-hybridized carbons (Fsp3) is 0.360. The molecule has 2 aromatic carbocycles. The van der Waals surface area contributed by atoms with Crippen molar-refractivity contribution in [2.75, 3.05) is 20.3 Å². The molecule has 4 rings (SSSR count). The minimum Gasteiger partial charge on any atom is -0.497 e. The van der Waals surface area contributed by atoms with Gasteiger partial charge >= 0.3 is 0 Å². The molecule has 0 spiro atoms. The second-order valence-electron chi connectivity index (χ2n) is 7.88. The quantitative estimate of drug-likeness (QED) is 0.408. The summed E-state index contributed by atoms with van der Waals surface area (Å²) in [6, 6.07) is 15.5. The van der Waals surface area contributed by atoms with Crippen LogP contribution in [0.4, 0.5) is 0 Å². The zero-order valence-corrected chi connectivity index (χ0v) is 18.6. The smallest absolute Gasteiger partial charge is 0.286 e. The van der Waals surface area contributed by atoms with Crippen molar-refractivity contribution in [3.63, 3.8) is 0 Å². The number of hydrogen-bond acceptors (Lipinski definition) is 6. The first-order chi connectivity index (χ1) is 16.2. The van der Waals surface area contributed by atoms with Gasteiger partial charge in [0, 0.05) is 18.9 Å². The van der Waals surface area contributed by atoms with Crippen molar-refractivity contribution >= 4 is 16.9 Å². The predicted octanol–water partition coefficient (Wildman–Crippen LogP) is 3.39. The number of H-pyrrole nitrogens is 1. The van der Waals surface area contributed by atoms with Crippen LogP contribution in [0.1, 0.15) is 36.6 Å². The van der Waals surface area contributed by atoms with E-state index in [1.807, 2.05) is 54.6 Å². The number of imidazole rings is 1.